The van der Waals surface area contributed by atoms with E-state index in [1.807, 2.05) is 31.2 Å². The van der Waals surface area contributed by atoms with Gasteiger partial charge < -0.3 is 4.90 Å². The third-order valence-corrected chi connectivity index (χ3v) is 5.39. The van der Waals surface area contributed by atoms with Crippen molar-refractivity contribution in [1.29, 1.82) is 0 Å². The number of aryl methyl sites for hydroxylation is 1. The van der Waals surface area contributed by atoms with Gasteiger partial charge in [-0.05, 0) is 18.1 Å². The van der Waals surface area contributed by atoms with Gasteiger partial charge in [0.05, 0.1) is 18.8 Å². The van der Waals surface area contributed by atoms with Crippen molar-refractivity contribution in [3.63, 3.8) is 0 Å². The maximum atomic E-state index is 12.4. The lowest BCUT2D eigenvalue weighted by Gasteiger charge is -2.22. The SMILES string of the molecule is CC1c2ccccc2CN1C(=O)CNS(=O)(=O)c1cnn(C)c1. The van der Waals surface area contributed by atoms with E-state index < -0.39 is 10.0 Å². The van der Waals surface area contributed by atoms with E-state index in [1.54, 1.807) is 11.9 Å². The number of carbonyl (C=O) groups excluding carboxylic acids is 1. The Morgan fingerprint density at radius 3 is 2.78 bits per heavy atom. The van der Waals surface area contributed by atoms with Gasteiger partial charge in [0.25, 0.3) is 0 Å². The van der Waals surface area contributed by atoms with Gasteiger partial charge in [-0.25, -0.2) is 13.1 Å². The third-order valence-electron chi connectivity index (χ3n) is 4.04. The highest BCUT2D eigenvalue weighted by Gasteiger charge is 2.30. The zero-order valence-corrected chi connectivity index (χ0v) is 13.7. The van der Waals surface area contributed by atoms with E-state index in [0.717, 1.165) is 11.1 Å². The topological polar surface area (TPSA) is 84.3 Å². The highest BCUT2D eigenvalue weighted by Crippen LogP contribution is 2.32. The Bertz CT molecular complexity index is 844. The molecular weight excluding hydrogens is 316 g/mol. The van der Waals surface area contributed by atoms with Crippen LogP contribution in [0.25, 0.3) is 0 Å². The van der Waals surface area contributed by atoms with Crippen molar-refractivity contribution in [2.75, 3.05) is 6.54 Å². The molecule has 1 N–H and O–H groups in total. The average Bonchev–Trinajstić information content (AvgIpc) is 3.10. The van der Waals surface area contributed by atoms with Crippen molar-refractivity contribution in [2.45, 2.75) is 24.4 Å². The summed E-state index contributed by atoms with van der Waals surface area (Å²) in [5, 5.41) is 3.83. The summed E-state index contributed by atoms with van der Waals surface area (Å²) in [5.74, 6) is -0.249. The molecule has 0 saturated carbocycles. The van der Waals surface area contributed by atoms with Crippen LogP contribution in [0.4, 0.5) is 0 Å². The lowest BCUT2D eigenvalue weighted by atomic mass is 10.1. The summed E-state index contributed by atoms with van der Waals surface area (Å²) >= 11 is 0. The summed E-state index contributed by atoms with van der Waals surface area (Å²) in [5.41, 5.74) is 2.21. The lowest BCUT2D eigenvalue weighted by Crippen LogP contribution is -2.38. The number of benzene rings is 1. The first kappa shape index (κ1) is 15.7. The Morgan fingerprint density at radius 1 is 1.39 bits per heavy atom. The van der Waals surface area contributed by atoms with Crippen molar-refractivity contribution in [1.82, 2.24) is 19.4 Å². The van der Waals surface area contributed by atoms with E-state index in [-0.39, 0.29) is 23.4 Å². The van der Waals surface area contributed by atoms with Gasteiger partial charge in [0.15, 0.2) is 0 Å². The molecule has 1 aliphatic rings. The van der Waals surface area contributed by atoms with E-state index in [1.165, 1.54) is 17.1 Å². The number of aromatic nitrogens is 2. The van der Waals surface area contributed by atoms with Gasteiger partial charge in [0, 0.05) is 19.8 Å². The molecular formula is C15H18N4O3S. The highest BCUT2D eigenvalue weighted by atomic mass is 32.2. The second kappa shape index (κ2) is 5.78. The second-order valence-electron chi connectivity index (χ2n) is 5.57. The minimum Gasteiger partial charge on any atom is -0.330 e. The quantitative estimate of drug-likeness (QED) is 0.896. The van der Waals surface area contributed by atoms with Gasteiger partial charge in [0.1, 0.15) is 4.90 Å². The van der Waals surface area contributed by atoms with E-state index in [9.17, 15) is 13.2 Å². The Labute approximate surface area is 135 Å². The molecule has 0 aliphatic carbocycles. The van der Waals surface area contributed by atoms with Crippen molar-refractivity contribution < 1.29 is 13.2 Å². The van der Waals surface area contributed by atoms with Crippen molar-refractivity contribution in [2.24, 2.45) is 7.05 Å². The van der Waals surface area contributed by atoms with Crippen molar-refractivity contribution in [3.8, 4) is 0 Å². The van der Waals surface area contributed by atoms with E-state index in [0.29, 0.717) is 6.54 Å². The van der Waals surface area contributed by atoms with Gasteiger partial charge in [-0.3, -0.25) is 9.48 Å². The van der Waals surface area contributed by atoms with Crippen molar-refractivity contribution >= 4 is 15.9 Å². The van der Waals surface area contributed by atoms with E-state index in [2.05, 4.69) is 9.82 Å². The molecule has 0 saturated heterocycles. The molecule has 2 aromatic rings. The summed E-state index contributed by atoms with van der Waals surface area (Å²) in [6.45, 7) is 2.18. The molecule has 0 bridgehead atoms. The Kier molecular flexibility index (Phi) is 3.95. The third kappa shape index (κ3) is 2.99. The molecule has 3 rings (SSSR count). The maximum Gasteiger partial charge on any atom is 0.244 e. The van der Waals surface area contributed by atoms with Crippen LogP contribution in [-0.2, 0) is 28.4 Å². The molecule has 0 fully saturated rings. The van der Waals surface area contributed by atoms with Crippen LogP contribution in [0.1, 0.15) is 24.1 Å². The Hall–Kier alpha value is -2.19. The number of nitrogens with zero attached hydrogens (tertiary/aromatic N) is 3. The first-order chi connectivity index (χ1) is 10.9. The van der Waals surface area contributed by atoms with Crippen LogP contribution in [0.15, 0.2) is 41.6 Å². The van der Waals surface area contributed by atoms with Crippen LogP contribution >= 0.6 is 0 Å². The zero-order valence-electron chi connectivity index (χ0n) is 12.9. The summed E-state index contributed by atoms with van der Waals surface area (Å²) in [7, 11) is -2.10. The zero-order chi connectivity index (χ0) is 16.6. The molecule has 2 heterocycles. The molecule has 7 nitrogen and oxygen atoms in total. The molecule has 1 amide bonds. The number of hydrogen-bond donors (Lipinski definition) is 1. The predicted octanol–water partition coefficient (Wildman–Crippen LogP) is 0.802. The molecule has 1 atom stereocenters. The first-order valence-corrected chi connectivity index (χ1v) is 8.72. The standard InChI is InChI=1S/C15H18N4O3S/c1-11-14-6-4-3-5-12(14)9-19(11)15(20)8-17-23(21,22)13-7-16-18(2)10-13/h3-7,10-11,17H,8-9H2,1-2H3. The number of carbonyl (C=O) groups is 1. The van der Waals surface area contributed by atoms with Gasteiger partial charge in [-0.15, -0.1) is 0 Å². The molecule has 1 aromatic heterocycles. The summed E-state index contributed by atoms with van der Waals surface area (Å²) in [6.07, 6.45) is 2.64. The summed E-state index contributed by atoms with van der Waals surface area (Å²) in [4.78, 5) is 14.1. The number of fused-ring (bicyclic) bond motifs is 1. The monoisotopic (exact) mass is 334 g/mol. The molecule has 122 valence electrons. The van der Waals surface area contributed by atoms with Crippen LogP contribution in [0, 0.1) is 0 Å². The lowest BCUT2D eigenvalue weighted by molar-refractivity contribution is -0.131. The number of hydrogen-bond acceptors (Lipinski definition) is 4. The molecule has 1 aliphatic heterocycles. The largest absolute Gasteiger partial charge is 0.330 e. The second-order valence-corrected chi connectivity index (χ2v) is 7.34. The Morgan fingerprint density at radius 2 is 2.13 bits per heavy atom. The number of sulfonamides is 1. The van der Waals surface area contributed by atoms with Crippen LogP contribution in [0.3, 0.4) is 0 Å². The van der Waals surface area contributed by atoms with Crippen LogP contribution in [0.2, 0.25) is 0 Å². The minimum absolute atomic E-state index is 0.0468. The molecule has 0 radical (unpaired) electrons. The van der Waals surface area contributed by atoms with Gasteiger partial charge in [-0.1, -0.05) is 24.3 Å². The van der Waals surface area contributed by atoms with Gasteiger partial charge in [-0.2, -0.15) is 5.10 Å². The van der Waals surface area contributed by atoms with Crippen molar-refractivity contribution in [3.05, 3.63) is 47.8 Å². The molecule has 1 aromatic carbocycles. The van der Waals surface area contributed by atoms with Gasteiger partial charge in [0.2, 0.25) is 15.9 Å². The minimum atomic E-state index is -3.73. The van der Waals surface area contributed by atoms with Crippen LogP contribution in [-0.4, -0.2) is 35.6 Å². The predicted molar refractivity (Wildman–Crippen MR) is 83.8 cm³/mol. The van der Waals surface area contributed by atoms with E-state index in [4.69, 9.17) is 0 Å². The van der Waals surface area contributed by atoms with Crippen LogP contribution < -0.4 is 4.72 Å². The van der Waals surface area contributed by atoms with Gasteiger partial charge >= 0.3 is 0 Å². The molecule has 23 heavy (non-hydrogen) atoms. The fourth-order valence-electron chi connectivity index (χ4n) is 2.76. The fourth-order valence-corrected chi connectivity index (χ4v) is 3.71. The number of rotatable bonds is 4. The smallest absolute Gasteiger partial charge is 0.244 e. The number of nitrogens with one attached hydrogen (secondary N) is 1. The average molecular weight is 334 g/mol. The first-order valence-electron chi connectivity index (χ1n) is 7.24. The fraction of sp³-hybridized carbons (Fsp3) is 0.333. The highest BCUT2D eigenvalue weighted by molar-refractivity contribution is 7.89. The number of amides is 1. The van der Waals surface area contributed by atoms with E-state index >= 15 is 0 Å². The van der Waals surface area contributed by atoms with Crippen LogP contribution in [0.5, 0.6) is 0 Å². The summed E-state index contributed by atoms with van der Waals surface area (Å²) in [6, 6.07) is 7.80. The normalized spacial score (nSPS) is 17.3. The molecule has 1 unspecified atom stereocenters. The molecule has 8 heteroatoms. The summed E-state index contributed by atoms with van der Waals surface area (Å²) < 4.78 is 28.0. The molecule has 0 spiro atoms. The Balaban J connectivity index is 1.67. The maximum absolute atomic E-state index is 12.4.